The summed E-state index contributed by atoms with van der Waals surface area (Å²) in [6, 6.07) is 0. The van der Waals surface area contributed by atoms with E-state index >= 15 is 0 Å². The van der Waals surface area contributed by atoms with Crippen LogP contribution in [0.5, 0.6) is 0 Å². The maximum Gasteiger partial charge on any atom is 0.0821 e. The maximum atomic E-state index is 6.95. The fraction of sp³-hybridized carbons (Fsp3) is 0.636. The van der Waals surface area contributed by atoms with Gasteiger partial charge in [0.25, 0.3) is 0 Å². The lowest BCUT2D eigenvalue weighted by atomic mass is 10.1. The van der Waals surface area contributed by atoms with Crippen molar-refractivity contribution in [3.05, 3.63) is 6.42 Å². The van der Waals surface area contributed by atoms with E-state index in [0.29, 0.717) is 0 Å². The Hall–Kier alpha value is -0.880. The zero-order valence-corrected chi connectivity index (χ0v) is 7.41. The van der Waals surface area contributed by atoms with Gasteiger partial charge < -0.3 is 0 Å². The van der Waals surface area contributed by atoms with Crippen molar-refractivity contribution >= 4 is 0 Å². The molecule has 0 rings (SSSR count). The van der Waals surface area contributed by atoms with E-state index in [4.69, 9.17) is 6.42 Å². The zero-order valence-electron chi connectivity index (χ0n) is 7.41. The van der Waals surface area contributed by atoms with Crippen LogP contribution in [0.3, 0.4) is 0 Å². The molecule has 0 bridgehead atoms. The van der Waals surface area contributed by atoms with Gasteiger partial charge in [-0.05, 0) is 19.3 Å². The molecule has 1 radical (unpaired) electrons. The average Bonchev–Trinajstić information content (AvgIpc) is 2.03. The zero-order chi connectivity index (χ0) is 8.53. The monoisotopic (exact) mass is 147 g/mol. The number of unbranched alkanes of at least 4 members (excludes halogenated alkanes) is 1. The van der Waals surface area contributed by atoms with Crippen molar-refractivity contribution in [2.24, 2.45) is 5.92 Å². The minimum atomic E-state index is 0.0755. The minimum Gasteiger partial charge on any atom is -0.102 e. The third-order valence-corrected chi connectivity index (χ3v) is 1.40. The molecule has 0 aliphatic rings. The second-order valence-electron chi connectivity index (χ2n) is 2.56. The molecule has 0 spiro atoms. The summed E-state index contributed by atoms with van der Waals surface area (Å²) >= 11 is 0. The summed E-state index contributed by atoms with van der Waals surface area (Å²) in [6.07, 6.45) is 11.0. The lowest BCUT2D eigenvalue weighted by molar-refractivity contribution is 0.725. The van der Waals surface area contributed by atoms with Crippen LogP contribution in [0.25, 0.3) is 0 Å². The molecule has 0 fully saturated rings. The molecule has 0 saturated carbocycles. The predicted octanol–water partition coefficient (Wildman–Crippen LogP) is 2.80. The highest BCUT2D eigenvalue weighted by atomic mass is 14.0. The fourth-order valence-corrected chi connectivity index (χ4v) is 0.789. The molecule has 0 saturated heterocycles. The first-order valence-electron chi connectivity index (χ1n) is 4.25. The second kappa shape index (κ2) is 7.23. The van der Waals surface area contributed by atoms with Gasteiger partial charge in [0.2, 0.25) is 0 Å². The van der Waals surface area contributed by atoms with Gasteiger partial charge in [-0.2, -0.15) is 0 Å². The van der Waals surface area contributed by atoms with Crippen molar-refractivity contribution in [2.45, 2.75) is 39.5 Å². The van der Waals surface area contributed by atoms with Crippen molar-refractivity contribution in [3.63, 3.8) is 0 Å². The Morgan fingerprint density at radius 1 is 1.27 bits per heavy atom. The van der Waals surface area contributed by atoms with Gasteiger partial charge in [0.1, 0.15) is 0 Å². The van der Waals surface area contributed by atoms with Crippen LogP contribution in [0.15, 0.2) is 0 Å². The Bertz CT molecular complexity index is 172. The normalized spacial score (nSPS) is 11.0. The van der Waals surface area contributed by atoms with Crippen molar-refractivity contribution < 1.29 is 0 Å². The molecule has 59 valence electrons. The summed E-state index contributed by atoms with van der Waals surface area (Å²) in [5.74, 6) is 8.57. The maximum absolute atomic E-state index is 6.95. The molecular formula is C11H15. The Labute approximate surface area is 70.4 Å². The Kier molecular flexibility index (Phi) is 6.65. The van der Waals surface area contributed by atoms with Gasteiger partial charge in [0.15, 0.2) is 0 Å². The molecule has 0 aromatic carbocycles. The first-order valence-corrected chi connectivity index (χ1v) is 4.25. The van der Waals surface area contributed by atoms with Crippen LogP contribution in [0, 0.1) is 30.1 Å². The van der Waals surface area contributed by atoms with Gasteiger partial charge in [-0.1, -0.05) is 32.1 Å². The van der Waals surface area contributed by atoms with Crippen molar-refractivity contribution in [1.29, 1.82) is 0 Å². The van der Waals surface area contributed by atoms with Gasteiger partial charge in [-0.3, -0.25) is 0 Å². The van der Waals surface area contributed by atoms with Crippen molar-refractivity contribution in [1.82, 2.24) is 0 Å². The summed E-state index contributed by atoms with van der Waals surface area (Å²) in [4.78, 5) is 0. The number of hydrogen-bond acceptors (Lipinski definition) is 0. The van der Waals surface area contributed by atoms with Crippen molar-refractivity contribution in [3.8, 4) is 17.8 Å². The standard InChI is InChI=1S/C11H15/c1-4-7-8-10-11(6-3)9-5-2/h11H,4-5,7,9H2,1-2H3. The molecule has 11 heavy (non-hydrogen) atoms. The summed E-state index contributed by atoms with van der Waals surface area (Å²) in [6.45, 7) is 4.21. The predicted molar refractivity (Wildman–Crippen MR) is 48.2 cm³/mol. The molecule has 0 aliphatic heterocycles. The van der Waals surface area contributed by atoms with E-state index in [1.165, 1.54) is 0 Å². The Morgan fingerprint density at radius 2 is 2.00 bits per heavy atom. The average molecular weight is 147 g/mol. The lowest BCUT2D eigenvalue weighted by Crippen LogP contribution is -1.90. The Morgan fingerprint density at radius 3 is 2.45 bits per heavy atom. The van der Waals surface area contributed by atoms with Gasteiger partial charge in [-0.15, -0.1) is 5.92 Å². The molecule has 0 aromatic rings. The molecule has 0 heteroatoms. The van der Waals surface area contributed by atoms with Crippen LogP contribution in [0.1, 0.15) is 39.5 Å². The van der Waals surface area contributed by atoms with E-state index in [0.717, 1.165) is 25.7 Å². The second-order valence-corrected chi connectivity index (χ2v) is 2.56. The third kappa shape index (κ3) is 5.56. The van der Waals surface area contributed by atoms with Gasteiger partial charge in [0, 0.05) is 6.42 Å². The van der Waals surface area contributed by atoms with Crippen LogP contribution < -0.4 is 0 Å². The third-order valence-electron chi connectivity index (χ3n) is 1.40. The first-order chi connectivity index (χ1) is 5.35. The largest absolute Gasteiger partial charge is 0.102 e. The summed E-state index contributed by atoms with van der Waals surface area (Å²) < 4.78 is 0. The number of rotatable bonds is 3. The van der Waals surface area contributed by atoms with E-state index in [1.807, 2.05) is 0 Å². The highest BCUT2D eigenvalue weighted by Gasteiger charge is 1.95. The summed E-state index contributed by atoms with van der Waals surface area (Å²) in [5, 5.41) is 0. The van der Waals surface area contributed by atoms with E-state index in [1.54, 1.807) is 0 Å². The van der Waals surface area contributed by atoms with Gasteiger partial charge in [0.05, 0.1) is 5.92 Å². The van der Waals surface area contributed by atoms with Crippen LogP contribution in [-0.4, -0.2) is 0 Å². The molecule has 0 heterocycles. The van der Waals surface area contributed by atoms with Gasteiger partial charge >= 0.3 is 0 Å². The fourth-order valence-electron chi connectivity index (χ4n) is 0.789. The SMILES string of the molecule is [C]#CC(C#CCCC)CCC. The highest BCUT2D eigenvalue weighted by molar-refractivity contribution is 5.12. The molecule has 0 nitrogen and oxygen atoms in total. The van der Waals surface area contributed by atoms with E-state index < -0.39 is 0 Å². The lowest BCUT2D eigenvalue weighted by Gasteiger charge is -1.96. The van der Waals surface area contributed by atoms with Crippen molar-refractivity contribution in [2.75, 3.05) is 0 Å². The first kappa shape index (κ1) is 10.1. The van der Waals surface area contributed by atoms with Crippen LogP contribution in [0.2, 0.25) is 0 Å². The molecule has 0 aliphatic carbocycles. The Balaban J connectivity index is 3.72. The van der Waals surface area contributed by atoms with Crippen LogP contribution in [-0.2, 0) is 0 Å². The van der Waals surface area contributed by atoms with Gasteiger partial charge in [-0.25, -0.2) is 0 Å². The highest BCUT2D eigenvalue weighted by Crippen LogP contribution is 2.02. The van der Waals surface area contributed by atoms with E-state index in [-0.39, 0.29) is 5.92 Å². The van der Waals surface area contributed by atoms with E-state index in [9.17, 15) is 0 Å². The molecule has 0 N–H and O–H groups in total. The molecule has 1 unspecified atom stereocenters. The molecule has 0 amide bonds. The molecular weight excluding hydrogens is 132 g/mol. The van der Waals surface area contributed by atoms with Crippen LogP contribution in [0.4, 0.5) is 0 Å². The topological polar surface area (TPSA) is 0 Å². The van der Waals surface area contributed by atoms with Crippen LogP contribution >= 0.6 is 0 Å². The molecule has 1 atom stereocenters. The smallest absolute Gasteiger partial charge is 0.0821 e. The van der Waals surface area contributed by atoms with E-state index in [2.05, 4.69) is 31.6 Å². The molecule has 0 aromatic heterocycles. The summed E-state index contributed by atoms with van der Waals surface area (Å²) in [7, 11) is 0. The summed E-state index contributed by atoms with van der Waals surface area (Å²) in [5.41, 5.74) is 0. The number of hydrogen-bond donors (Lipinski definition) is 0. The quantitative estimate of drug-likeness (QED) is 0.538. The minimum absolute atomic E-state index is 0.0755.